The topological polar surface area (TPSA) is 52.7 Å². The van der Waals surface area contributed by atoms with Crippen molar-refractivity contribution in [3.63, 3.8) is 0 Å². The second-order valence-corrected chi connectivity index (χ2v) is 8.18. The van der Waals surface area contributed by atoms with Crippen molar-refractivity contribution in [2.75, 3.05) is 39.3 Å². The zero-order valence-corrected chi connectivity index (χ0v) is 15.4. The maximum absolute atomic E-state index is 12.9. The van der Waals surface area contributed by atoms with E-state index >= 15 is 0 Å². The molecule has 5 nitrogen and oxygen atoms in total. The summed E-state index contributed by atoms with van der Waals surface area (Å²) in [4.78, 5) is 29.4. The van der Waals surface area contributed by atoms with E-state index in [1.54, 1.807) is 0 Å². The largest absolute Gasteiger partial charge is 0.342 e. The summed E-state index contributed by atoms with van der Waals surface area (Å²) in [6.45, 7) is 9.54. The van der Waals surface area contributed by atoms with E-state index in [4.69, 9.17) is 0 Å². The summed E-state index contributed by atoms with van der Waals surface area (Å²) in [5, 5.41) is 3.48. The third kappa shape index (κ3) is 3.61. The maximum atomic E-state index is 12.9. The molecule has 0 saturated carbocycles. The van der Waals surface area contributed by atoms with E-state index in [1.165, 1.54) is 6.42 Å². The van der Waals surface area contributed by atoms with Crippen molar-refractivity contribution in [1.29, 1.82) is 0 Å². The summed E-state index contributed by atoms with van der Waals surface area (Å²) in [5.41, 5.74) is 0.446. The van der Waals surface area contributed by atoms with Gasteiger partial charge in [0.05, 0.1) is 5.92 Å². The first-order chi connectivity index (χ1) is 11.5. The smallest absolute Gasteiger partial charge is 0.227 e. The number of hydrogen-bond acceptors (Lipinski definition) is 3. The minimum Gasteiger partial charge on any atom is -0.342 e. The van der Waals surface area contributed by atoms with Crippen LogP contribution >= 0.6 is 0 Å². The van der Waals surface area contributed by atoms with E-state index < -0.39 is 0 Å². The number of likely N-dealkylation sites (tertiary alicyclic amines) is 2. The van der Waals surface area contributed by atoms with Crippen molar-refractivity contribution < 1.29 is 9.59 Å². The standard InChI is InChI=1S/C19H33N3O2/c1-3-15(2)17(23)22-10-4-5-16(13-22)18(24)21-11-7-19(8-12-21)6-9-20-14-19/h15-16,20H,3-14H2,1-2H3. The average Bonchev–Trinajstić information content (AvgIpc) is 3.08. The van der Waals surface area contributed by atoms with Crippen LogP contribution in [0.3, 0.4) is 0 Å². The average molecular weight is 335 g/mol. The third-order valence-corrected chi connectivity index (χ3v) is 6.58. The predicted octanol–water partition coefficient (Wildman–Crippen LogP) is 1.87. The van der Waals surface area contributed by atoms with E-state index in [0.717, 1.165) is 64.8 Å². The quantitative estimate of drug-likeness (QED) is 0.857. The summed E-state index contributed by atoms with van der Waals surface area (Å²) in [7, 11) is 0. The first kappa shape index (κ1) is 17.7. The summed E-state index contributed by atoms with van der Waals surface area (Å²) < 4.78 is 0. The Bertz CT molecular complexity index is 463. The Morgan fingerprint density at radius 3 is 2.54 bits per heavy atom. The molecule has 1 spiro atoms. The lowest BCUT2D eigenvalue weighted by Gasteiger charge is -2.41. The normalized spacial score (nSPS) is 28.2. The zero-order chi connectivity index (χ0) is 17.2. The van der Waals surface area contributed by atoms with E-state index in [0.29, 0.717) is 12.0 Å². The van der Waals surface area contributed by atoms with Gasteiger partial charge in [0.2, 0.25) is 11.8 Å². The number of hydrogen-bond donors (Lipinski definition) is 1. The zero-order valence-electron chi connectivity index (χ0n) is 15.4. The van der Waals surface area contributed by atoms with Crippen LogP contribution in [0, 0.1) is 17.3 Å². The molecule has 0 aliphatic carbocycles. The van der Waals surface area contributed by atoms with Gasteiger partial charge in [-0.2, -0.15) is 0 Å². The first-order valence-electron chi connectivity index (χ1n) is 9.83. The van der Waals surface area contributed by atoms with Crippen LogP contribution in [0.5, 0.6) is 0 Å². The number of piperidine rings is 2. The van der Waals surface area contributed by atoms with Crippen molar-refractivity contribution in [3.8, 4) is 0 Å². The summed E-state index contributed by atoms with van der Waals surface area (Å²) >= 11 is 0. The van der Waals surface area contributed by atoms with Crippen molar-refractivity contribution in [2.24, 2.45) is 17.3 Å². The molecule has 0 bridgehead atoms. The lowest BCUT2D eigenvalue weighted by molar-refractivity contribution is -0.143. The van der Waals surface area contributed by atoms with Crippen LogP contribution in [0.25, 0.3) is 0 Å². The summed E-state index contributed by atoms with van der Waals surface area (Å²) in [5.74, 6) is 0.605. The fourth-order valence-corrected chi connectivity index (χ4v) is 4.55. The van der Waals surface area contributed by atoms with Crippen LogP contribution < -0.4 is 5.32 Å². The Hall–Kier alpha value is -1.10. The molecule has 24 heavy (non-hydrogen) atoms. The first-order valence-corrected chi connectivity index (χ1v) is 9.83. The van der Waals surface area contributed by atoms with Gasteiger partial charge in [-0.3, -0.25) is 9.59 Å². The molecule has 2 amide bonds. The number of rotatable bonds is 3. The number of carbonyl (C=O) groups excluding carboxylic acids is 2. The fraction of sp³-hybridized carbons (Fsp3) is 0.895. The molecule has 2 unspecified atom stereocenters. The molecule has 0 radical (unpaired) electrons. The Kier molecular flexibility index (Phi) is 5.48. The lowest BCUT2D eigenvalue weighted by Crippen LogP contribution is -2.51. The van der Waals surface area contributed by atoms with Gasteiger partial charge >= 0.3 is 0 Å². The van der Waals surface area contributed by atoms with Crippen LogP contribution in [0.15, 0.2) is 0 Å². The highest BCUT2D eigenvalue weighted by Crippen LogP contribution is 2.37. The number of nitrogens with one attached hydrogen (secondary N) is 1. The molecule has 2 atom stereocenters. The highest BCUT2D eigenvalue weighted by molar-refractivity contribution is 5.82. The van der Waals surface area contributed by atoms with Gasteiger partial charge < -0.3 is 15.1 Å². The van der Waals surface area contributed by atoms with Crippen molar-refractivity contribution in [1.82, 2.24) is 15.1 Å². The molecule has 3 saturated heterocycles. The van der Waals surface area contributed by atoms with E-state index in [2.05, 4.69) is 17.1 Å². The Labute approximate surface area is 146 Å². The van der Waals surface area contributed by atoms with Crippen LogP contribution in [0.1, 0.15) is 52.4 Å². The number of carbonyl (C=O) groups is 2. The van der Waals surface area contributed by atoms with Gasteiger partial charge in [-0.05, 0) is 50.5 Å². The van der Waals surface area contributed by atoms with Gasteiger partial charge in [-0.1, -0.05) is 13.8 Å². The van der Waals surface area contributed by atoms with Gasteiger partial charge in [0.25, 0.3) is 0 Å². The van der Waals surface area contributed by atoms with Crippen LogP contribution in [-0.2, 0) is 9.59 Å². The predicted molar refractivity (Wildman–Crippen MR) is 94.5 cm³/mol. The van der Waals surface area contributed by atoms with Crippen molar-refractivity contribution in [3.05, 3.63) is 0 Å². The van der Waals surface area contributed by atoms with Gasteiger partial charge in [-0.25, -0.2) is 0 Å². The van der Waals surface area contributed by atoms with E-state index in [9.17, 15) is 9.59 Å². The lowest BCUT2D eigenvalue weighted by atomic mass is 9.77. The van der Waals surface area contributed by atoms with Gasteiger partial charge in [-0.15, -0.1) is 0 Å². The molecule has 3 rings (SSSR count). The monoisotopic (exact) mass is 335 g/mol. The van der Waals surface area contributed by atoms with Gasteiger partial charge in [0.1, 0.15) is 0 Å². The molecule has 3 aliphatic rings. The highest BCUT2D eigenvalue weighted by Gasteiger charge is 2.40. The Balaban J connectivity index is 1.54. The van der Waals surface area contributed by atoms with Crippen LogP contribution in [-0.4, -0.2) is 60.9 Å². The molecule has 3 heterocycles. The third-order valence-electron chi connectivity index (χ3n) is 6.58. The van der Waals surface area contributed by atoms with E-state index in [-0.39, 0.29) is 23.7 Å². The van der Waals surface area contributed by atoms with Crippen molar-refractivity contribution in [2.45, 2.75) is 52.4 Å². The molecular formula is C19H33N3O2. The van der Waals surface area contributed by atoms with Crippen LogP contribution in [0.2, 0.25) is 0 Å². The SMILES string of the molecule is CCC(C)C(=O)N1CCCC(C(=O)N2CCC3(CCNC3)CC2)C1. The second-order valence-electron chi connectivity index (χ2n) is 8.18. The van der Waals surface area contributed by atoms with Crippen molar-refractivity contribution >= 4 is 11.8 Å². The minimum atomic E-state index is 0.0162. The Morgan fingerprint density at radius 2 is 1.92 bits per heavy atom. The fourth-order valence-electron chi connectivity index (χ4n) is 4.55. The van der Waals surface area contributed by atoms with Gasteiger partial charge in [0.15, 0.2) is 0 Å². The second kappa shape index (κ2) is 7.42. The molecule has 0 aromatic carbocycles. The molecule has 0 aromatic heterocycles. The molecule has 1 N–H and O–H groups in total. The maximum Gasteiger partial charge on any atom is 0.227 e. The highest BCUT2D eigenvalue weighted by atomic mass is 16.2. The van der Waals surface area contributed by atoms with E-state index in [1.807, 2.05) is 11.8 Å². The minimum absolute atomic E-state index is 0.0162. The van der Waals surface area contributed by atoms with Gasteiger partial charge in [0, 0.05) is 38.6 Å². The summed E-state index contributed by atoms with van der Waals surface area (Å²) in [6, 6.07) is 0. The molecule has 136 valence electrons. The molecule has 5 heteroatoms. The summed E-state index contributed by atoms with van der Waals surface area (Å²) in [6.07, 6.45) is 6.29. The molecule has 3 fully saturated rings. The molecule has 3 aliphatic heterocycles. The number of amides is 2. The molecule has 0 aromatic rings. The Morgan fingerprint density at radius 1 is 1.17 bits per heavy atom. The van der Waals surface area contributed by atoms with Crippen LogP contribution in [0.4, 0.5) is 0 Å². The molecular weight excluding hydrogens is 302 g/mol. The number of nitrogens with zero attached hydrogens (tertiary/aromatic N) is 2.